The van der Waals surface area contributed by atoms with Gasteiger partial charge in [-0.2, -0.15) is 0 Å². The van der Waals surface area contributed by atoms with Gasteiger partial charge < -0.3 is 19.5 Å². The lowest BCUT2D eigenvalue weighted by Crippen LogP contribution is -2.44. The SMILES string of the molecule is CCCCOCCCNC(=O)C1COc2ccccc2O1. The molecule has 5 heteroatoms. The molecule has 0 fully saturated rings. The number of unbranched alkanes of at least 4 members (excludes halogenated alkanes) is 1. The van der Waals surface area contributed by atoms with Crippen molar-refractivity contribution in [3.05, 3.63) is 24.3 Å². The number of carbonyl (C=O) groups is 1. The molecule has 1 aromatic rings. The summed E-state index contributed by atoms with van der Waals surface area (Å²) in [5.74, 6) is 1.16. The molecule has 0 radical (unpaired) electrons. The second-order valence-corrected chi connectivity index (χ2v) is 4.97. The summed E-state index contributed by atoms with van der Waals surface area (Å²) in [6.07, 6.45) is 2.44. The number of para-hydroxylation sites is 2. The van der Waals surface area contributed by atoms with Gasteiger partial charge in [0.25, 0.3) is 5.91 Å². The van der Waals surface area contributed by atoms with Crippen molar-refractivity contribution in [2.75, 3.05) is 26.4 Å². The van der Waals surface area contributed by atoms with Crippen LogP contribution < -0.4 is 14.8 Å². The zero-order chi connectivity index (χ0) is 14.9. The molecule has 116 valence electrons. The standard InChI is InChI=1S/C16H23NO4/c1-2-3-10-19-11-6-9-17-16(18)15-12-20-13-7-4-5-8-14(13)21-15/h4-5,7-8,15H,2-3,6,9-12H2,1H3,(H,17,18). The van der Waals surface area contributed by atoms with Gasteiger partial charge >= 0.3 is 0 Å². The van der Waals surface area contributed by atoms with Gasteiger partial charge in [0.1, 0.15) is 6.61 Å². The third-order valence-electron chi connectivity index (χ3n) is 3.21. The molecule has 1 heterocycles. The largest absolute Gasteiger partial charge is 0.485 e. The van der Waals surface area contributed by atoms with Crippen molar-refractivity contribution in [3.63, 3.8) is 0 Å². The first kappa shape index (κ1) is 15.6. The Bertz CT molecular complexity index is 450. The molecule has 1 unspecified atom stereocenters. The third-order valence-corrected chi connectivity index (χ3v) is 3.21. The number of ether oxygens (including phenoxy) is 3. The Hall–Kier alpha value is -1.75. The number of rotatable bonds is 8. The number of carbonyl (C=O) groups excluding carboxylic acids is 1. The van der Waals surface area contributed by atoms with Crippen LogP contribution in [-0.2, 0) is 9.53 Å². The highest BCUT2D eigenvalue weighted by atomic mass is 16.6. The van der Waals surface area contributed by atoms with Crippen molar-refractivity contribution in [1.29, 1.82) is 0 Å². The molecule has 0 spiro atoms. The monoisotopic (exact) mass is 293 g/mol. The van der Waals surface area contributed by atoms with E-state index in [1.165, 1.54) is 0 Å². The van der Waals surface area contributed by atoms with Crippen LogP contribution in [0.1, 0.15) is 26.2 Å². The first-order chi connectivity index (χ1) is 10.3. The van der Waals surface area contributed by atoms with E-state index in [9.17, 15) is 4.79 Å². The second kappa shape index (κ2) is 8.52. The van der Waals surface area contributed by atoms with E-state index < -0.39 is 6.10 Å². The van der Waals surface area contributed by atoms with Gasteiger partial charge in [0.2, 0.25) is 6.10 Å². The van der Waals surface area contributed by atoms with E-state index in [4.69, 9.17) is 14.2 Å². The smallest absolute Gasteiger partial charge is 0.264 e. The van der Waals surface area contributed by atoms with E-state index >= 15 is 0 Å². The van der Waals surface area contributed by atoms with Crippen LogP contribution in [-0.4, -0.2) is 38.4 Å². The Balaban J connectivity index is 1.64. The van der Waals surface area contributed by atoms with Gasteiger partial charge in [0.05, 0.1) is 0 Å². The quantitative estimate of drug-likeness (QED) is 0.746. The van der Waals surface area contributed by atoms with Crippen molar-refractivity contribution < 1.29 is 19.0 Å². The van der Waals surface area contributed by atoms with Gasteiger partial charge in [-0.3, -0.25) is 4.79 Å². The molecule has 2 rings (SSSR count). The van der Waals surface area contributed by atoms with E-state index in [0.717, 1.165) is 25.9 Å². The summed E-state index contributed by atoms with van der Waals surface area (Å²) in [6, 6.07) is 7.37. The molecule has 0 bridgehead atoms. The molecule has 1 aliphatic heterocycles. The van der Waals surface area contributed by atoms with E-state index in [2.05, 4.69) is 12.2 Å². The van der Waals surface area contributed by atoms with Crippen LogP contribution in [0.15, 0.2) is 24.3 Å². The molecule has 21 heavy (non-hydrogen) atoms. The topological polar surface area (TPSA) is 56.8 Å². The molecule has 0 aromatic heterocycles. The lowest BCUT2D eigenvalue weighted by molar-refractivity contribution is -0.130. The molecule has 0 saturated heterocycles. The zero-order valence-electron chi connectivity index (χ0n) is 12.5. The molecule has 1 N–H and O–H groups in total. The van der Waals surface area contributed by atoms with E-state index in [-0.39, 0.29) is 12.5 Å². The Labute approximate surface area is 125 Å². The van der Waals surface area contributed by atoms with Gasteiger partial charge in [0.15, 0.2) is 11.5 Å². The Morgan fingerprint density at radius 1 is 1.29 bits per heavy atom. The van der Waals surface area contributed by atoms with Crippen molar-refractivity contribution >= 4 is 5.91 Å². The average molecular weight is 293 g/mol. The minimum absolute atomic E-state index is 0.141. The van der Waals surface area contributed by atoms with Crippen LogP contribution in [0.3, 0.4) is 0 Å². The summed E-state index contributed by atoms with van der Waals surface area (Å²) in [7, 11) is 0. The maximum Gasteiger partial charge on any atom is 0.264 e. The summed E-state index contributed by atoms with van der Waals surface area (Å²) in [5.41, 5.74) is 0. The molecule has 0 aliphatic carbocycles. The average Bonchev–Trinajstić information content (AvgIpc) is 2.53. The molecular formula is C16H23NO4. The van der Waals surface area contributed by atoms with E-state index in [1.807, 2.05) is 18.2 Å². The molecular weight excluding hydrogens is 270 g/mol. The van der Waals surface area contributed by atoms with Crippen LogP contribution in [0.25, 0.3) is 0 Å². The molecule has 1 amide bonds. The fourth-order valence-electron chi connectivity index (χ4n) is 2.00. The first-order valence-electron chi connectivity index (χ1n) is 7.55. The van der Waals surface area contributed by atoms with Gasteiger partial charge in [0, 0.05) is 19.8 Å². The Morgan fingerprint density at radius 3 is 2.86 bits per heavy atom. The highest BCUT2D eigenvalue weighted by Gasteiger charge is 2.26. The lowest BCUT2D eigenvalue weighted by Gasteiger charge is -2.25. The highest BCUT2D eigenvalue weighted by Crippen LogP contribution is 2.30. The number of amides is 1. The fourth-order valence-corrected chi connectivity index (χ4v) is 2.00. The fraction of sp³-hybridized carbons (Fsp3) is 0.562. The van der Waals surface area contributed by atoms with Crippen molar-refractivity contribution in [2.45, 2.75) is 32.3 Å². The second-order valence-electron chi connectivity index (χ2n) is 4.97. The summed E-state index contributed by atoms with van der Waals surface area (Å²) in [6.45, 7) is 4.43. The molecule has 0 saturated carbocycles. The van der Waals surface area contributed by atoms with Crippen molar-refractivity contribution in [1.82, 2.24) is 5.32 Å². The Morgan fingerprint density at radius 2 is 2.05 bits per heavy atom. The third kappa shape index (κ3) is 4.93. The summed E-state index contributed by atoms with van der Waals surface area (Å²) in [4.78, 5) is 12.0. The van der Waals surface area contributed by atoms with E-state index in [0.29, 0.717) is 24.7 Å². The predicted octanol–water partition coefficient (Wildman–Crippen LogP) is 2.15. The maximum absolute atomic E-state index is 12.0. The summed E-state index contributed by atoms with van der Waals surface area (Å²) in [5, 5.41) is 2.85. The van der Waals surface area contributed by atoms with Crippen LogP contribution in [0.4, 0.5) is 0 Å². The van der Waals surface area contributed by atoms with Gasteiger partial charge in [-0.15, -0.1) is 0 Å². The highest BCUT2D eigenvalue weighted by molar-refractivity contribution is 5.81. The van der Waals surface area contributed by atoms with Crippen LogP contribution >= 0.6 is 0 Å². The van der Waals surface area contributed by atoms with Gasteiger partial charge in [-0.1, -0.05) is 25.5 Å². The summed E-state index contributed by atoms with van der Waals surface area (Å²) >= 11 is 0. The number of benzene rings is 1. The number of hydrogen-bond acceptors (Lipinski definition) is 4. The number of hydrogen-bond donors (Lipinski definition) is 1. The molecule has 1 aliphatic rings. The first-order valence-corrected chi connectivity index (χ1v) is 7.55. The minimum Gasteiger partial charge on any atom is -0.485 e. The van der Waals surface area contributed by atoms with Crippen LogP contribution in [0.5, 0.6) is 11.5 Å². The predicted molar refractivity (Wildman–Crippen MR) is 79.7 cm³/mol. The van der Waals surface area contributed by atoms with Gasteiger partial charge in [-0.25, -0.2) is 0 Å². The normalized spacial score (nSPS) is 16.5. The zero-order valence-corrected chi connectivity index (χ0v) is 12.5. The van der Waals surface area contributed by atoms with Crippen LogP contribution in [0.2, 0.25) is 0 Å². The Kier molecular flexibility index (Phi) is 6.34. The van der Waals surface area contributed by atoms with Gasteiger partial charge in [-0.05, 0) is 25.0 Å². The van der Waals surface area contributed by atoms with Crippen LogP contribution in [0, 0.1) is 0 Å². The molecule has 1 atom stereocenters. The van der Waals surface area contributed by atoms with Crippen molar-refractivity contribution in [2.24, 2.45) is 0 Å². The van der Waals surface area contributed by atoms with E-state index in [1.54, 1.807) is 6.07 Å². The molecule has 5 nitrogen and oxygen atoms in total. The van der Waals surface area contributed by atoms with Crippen molar-refractivity contribution in [3.8, 4) is 11.5 Å². The maximum atomic E-state index is 12.0. The lowest BCUT2D eigenvalue weighted by atomic mass is 10.2. The number of nitrogens with one attached hydrogen (secondary N) is 1. The number of fused-ring (bicyclic) bond motifs is 1. The minimum atomic E-state index is -0.582. The summed E-state index contributed by atoms with van der Waals surface area (Å²) < 4.78 is 16.6. The molecule has 1 aromatic carbocycles.